The normalized spacial score (nSPS) is 20.9. The Bertz CT molecular complexity index is 2850. The third-order valence-corrected chi connectivity index (χ3v) is 14.1. The van der Waals surface area contributed by atoms with Crippen molar-refractivity contribution in [1.29, 1.82) is 0 Å². The minimum atomic E-state index is -3.21. The summed E-state index contributed by atoms with van der Waals surface area (Å²) >= 11 is 0. The van der Waals surface area contributed by atoms with Crippen LogP contribution in [-0.2, 0) is 22.5 Å². The van der Waals surface area contributed by atoms with Crippen molar-refractivity contribution in [3.8, 4) is 17.0 Å². The number of pyridine rings is 1. The molecule has 2 atom stereocenters. The van der Waals surface area contributed by atoms with Gasteiger partial charge in [-0.1, -0.05) is 12.1 Å². The molecule has 4 fully saturated rings. The van der Waals surface area contributed by atoms with E-state index in [1.54, 1.807) is 33.3 Å². The Kier molecular flexibility index (Phi) is 11.1. The number of amides is 5. The SMILES string of the molecule is CNc1cc(N2CCc3c(-c4ncc(CN5CC6(CCN(C(=O)c7cc(N8CCC(=O)NC8=O)c(OC)cc7C)CC6(F)F)C5)cc4F)cccc32)nn2c(C(=O)N[C@@H]3CC[C@H]3OC)cnc12. The average molecular weight is 922 g/mol. The molecule has 0 radical (unpaired) electrons. The number of urea groups is 1. The van der Waals surface area contributed by atoms with Crippen molar-refractivity contribution in [2.45, 2.75) is 63.6 Å². The molecule has 3 N–H and O–H groups in total. The number of carbonyl (C=O) groups is 4. The first-order chi connectivity index (χ1) is 32.2. The number of carbonyl (C=O) groups excluding carboxylic acids is 4. The number of nitrogens with one attached hydrogen (secondary N) is 3. The molecule has 2 aromatic carbocycles. The summed E-state index contributed by atoms with van der Waals surface area (Å²) in [6.45, 7) is 1.97. The van der Waals surface area contributed by atoms with E-state index in [9.17, 15) is 19.2 Å². The zero-order chi connectivity index (χ0) is 46.9. The number of hydrogen-bond acceptors (Lipinski definition) is 12. The highest BCUT2D eigenvalue weighted by Gasteiger charge is 2.63. The van der Waals surface area contributed by atoms with Crippen molar-refractivity contribution >= 4 is 52.3 Å². The molecule has 0 bridgehead atoms. The predicted octanol–water partition coefficient (Wildman–Crippen LogP) is 5.32. The van der Waals surface area contributed by atoms with Crippen LogP contribution in [-0.4, -0.2) is 132 Å². The second kappa shape index (κ2) is 16.8. The maximum absolute atomic E-state index is 16.1. The number of hydrogen-bond donors (Lipinski definition) is 3. The molecule has 5 aliphatic rings. The number of aryl methyl sites for hydroxylation is 1. The van der Waals surface area contributed by atoms with Gasteiger partial charge in [0.05, 0.1) is 48.8 Å². The molecule has 3 saturated heterocycles. The number of ether oxygens (including phenoxy) is 2. The standard InChI is InChI=1S/C47H50F3N11O6/c1-26-16-38(67-4)35(60-14-11-40(62)55-45(60)65)18-30(26)44(64)58-15-12-46(47(49,50)25-58)23-57(24-46)22-27-17-31(48)41(52-20-27)29-6-5-7-34-28(29)10-13-59(34)39-19-33(51-2)42-53-21-36(61(42)56-39)43(63)54-32-8-9-37(32)66-3/h5-7,16-21,32,37,51H,8-15,22-25H2,1-4H3,(H,54,63)(H,55,62,65)/t32-,37-/m1/s1. The minimum Gasteiger partial charge on any atom is -0.495 e. The number of likely N-dealkylation sites (tertiary alicyclic amines) is 2. The van der Waals surface area contributed by atoms with Gasteiger partial charge in [0.15, 0.2) is 17.2 Å². The predicted molar refractivity (Wildman–Crippen MR) is 241 cm³/mol. The van der Waals surface area contributed by atoms with Gasteiger partial charge < -0.3 is 29.9 Å². The number of imidazole rings is 1. The summed E-state index contributed by atoms with van der Waals surface area (Å²) in [5.74, 6) is -4.17. The number of methoxy groups -OCH3 is 2. The Balaban J connectivity index is 0.808. The lowest BCUT2D eigenvalue weighted by atomic mass is 9.69. The Labute approximate surface area is 383 Å². The zero-order valence-electron chi connectivity index (χ0n) is 37.5. The van der Waals surface area contributed by atoms with Crippen molar-refractivity contribution in [3.63, 3.8) is 0 Å². The number of imide groups is 1. The number of benzene rings is 2. The van der Waals surface area contributed by atoms with E-state index >= 15 is 13.2 Å². The lowest BCUT2D eigenvalue weighted by Gasteiger charge is -2.57. The summed E-state index contributed by atoms with van der Waals surface area (Å²) < 4.78 is 60.9. The number of alkyl halides is 2. The molecular formula is C47H50F3N11O6. The number of halogens is 3. The summed E-state index contributed by atoms with van der Waals surface area (Å²) in [4.78, 5) is 67.0. The molecule has 17 nitrogen and oxygen atoms in total. The number of rotatable bonds is 11. The van der Waals surface area contributed by atoms with Crippen molar-refractivity contribution in [2.24, 2.45) is 5.41 Å². The van der Waals surface area contributed by atoms with Gasteiger partial charge in [-0.25, -0.2) is 27.5 Å². The van der Waals surface area contributed by atoms with Crippen LogP contribution in [0.2, 0.25) is 0 Å². The van der Waals surface area contributed by atoms with E-state index in [1.165, 1.54) is 34.9 Å². The highest BCUT2D eigenvalue weighted by atomic mass is 19.3. The second-order valence-electron chi connectivity index (χ2n) is 18.1. The van der Waals surface area contributed by atoms with Gasteiger partial charge in [-0.2, -0.15) is 0 Å². The van der Waals surface area contributed by atoms with Crippen LogP contribution in [0.5, 0.6) is 5.75 Å². The minimum absolute atomic E-state index is 0.0333. The first-order valence-electron chi connectivity index (χ1n) is 22.3. The third kappa shape index (κ3) is 7.55. The van der Waals surface area contributed by atoms with Crippen LogP contribution in [0.1, 0.15) is 63.2 Å². The molecule has 5 aromatic rings. The first-order valence-corrected chi connectivity index (χ1v) is 22.3. The van der Waals surface area contributed by atoms with Gasteiger partial charge in [-0.3, -0.25) is 34.5 Å². The Morgan fingerprint density at radius 1 is 0.955 bits per heavy atom. The molecule has 350 valence electrons. The molecule has 1 saturated carbocycles. The van der Waals surface area contributed by atoms with Gasteiger partial charge in [-0.15, -0.1) is 5.10 Å². The van der Waals surface area contributed by atoms with Crippen molar-refractivity contribution in [2.75, 3.05) is 75.7 Å². The van der Waals surface area contributed by atoms with E-state index in [-0.39, 0.29) is 86.3 Å². The number of nitrogens with zero attached hydrogens (tertiary/aromatic N) is 8. The van der Waals surface area contributed by atoms with E-state index in [2.05, 4.69) is 25.9 Å². The van der Waals surface area contributed by atoms with Crippen LogP contribution in [0.15, 0.2) is 54.9 Å². The van der Waals surface area contributed by atoms with Crippen LogP contribution in [0, 0.1) is 18.2 Å². The van der Waals surface area contributed by atoms with Gasteiger partial charge >= 0.3 is 6.03 Å². The number of fused-ring (bicyclic) bond motifs is 2. The Hall–Kier alpha value is -6.80. The van der Waals surface area contributed by atoms with Crippen LogP contribution in [0.4, 0.5) is 40.8 Å². The molecular weight excluding hydrogens is 872 g/mol. The molecule has 5 amide bonds. The van der Waals surface area contributed by atoms with Gasteiger partial charge in [-0.05, 0) is 73.6 Å². The van der Waals surface area contributed by atoms with Crippen LogP contribution < -0.4 is 30.5 Å². The monoisotopic (exact) mass is 921 g/mol. The summed E-state index contributed by atoms with van der Waals surface area (Å²) in [6, 6.07) is 11.2. The molecule has 20 heteroatoms. The van der Waals surface area contributed by atoms with Gasteiger partial charge in [0, 0.05) is 88.9 Å². The summed E-state index contributed by atoms with van der Waals surface area (Å²) in [6.07, 6.45) is 5.47. The molecule has 4 aliphatic heterocycles. The summed E-state index contributed by atoms with van der Waals surface area (Å²) in [5, 5.41) is 13.3. The van der Waals surface area contributed by atoms with Crippen molar-refractivity contribution in [1.82, 2.24) is 40.0 Å². The molecule has 67 heavy (non-hydrogen) atoms. The fraction of sp³-hybridized carbons (Fsp3) is 0.426. The van der Waals surface area contributed by atoms with E-state index in [4.69, 9.17) is 14.6 Å². The molecule has 1 spiro atoms. The van der Waals surface area contributed by atoms with Gasteiger partial charge in [0.2, 0.25) is 5.91 Å². The molecule has 0 unspecified atom stereocenters. The fourth-order valence-electron chi connectivity index (χ4n) is 10.2. The van der Waals surface area contributed by atoms with Crippen LogP contribution >= 0.6 is 0 Å². The largest absolute Gasteiger partial charge is 0.495 e. The Morgan fingerprint density at radius 3 is 2.46 bits per heavy atom. The highest BCUT2D eigenvalue weighted by Crippen LogP contribution is 2.51. The molecule has 3 aromatic heterocycles. The van der Waals surface area contributed by atoms with Crippen molar-refractivity contribution < 1.29 is 41.8 Å². The fourth-order valence-corrected chi connectivity index (χ4v) is 10.2. The molecule has 1 aliphatic carbocycles. The van der Waals surface area contributed by atoms with Crippen molar-refractivity contribution in [3.05, 3.63) is 88.6 Å². The summed E-state index contributed by atoms with van der Waals surface area (Å²) in [5.41, 5.74) is 4.10. The zero-order valence-corrected chi connectivity index (χ0v) is 37.5. The lowest BCUT2D eigenvalue weighted by Crippen LogP contribution is -2.70. The molecule has 10 rings (SSSR count). The maximum Gasteiger partial charge on any atom is 0.328 e. The first kappa shape index (κ1) is 44.1. The number of anilines is 4. The topological polar surface area (TPSA) is 179 Å². The number of aromatic nitrogens is 4. The molecule has 7 heterocycles. The van der Waals surface area contributed by atoms with Gasteiger partial charge in [0.1, 0.15) is 17.3 Å². The van der Waals surface area contributed by atoms with Crippen LogP contribution in [0.3, 0.4) is 0 Å². The quantitative estimate of drug-likeness (QED) is 0.156. The maximum atomic E-state index is 16.1. The summed E-state index contributed by atoms with van der Waals surface area (Å²) in [7, 11) is 4.83. The van der Waals surface area contributed by atoms with E-state index in [0.29, 0.717) is 52.6 Å². The van der Waals surface area contributed by atoms with E-state index < -0.39 is 41.5 Å². The second-order valence-corrected chi connectivity index (χ2v) is 18.1. The third-order valence-electron chi connectivity index (χ3n) is 14.1. The lowest BCUT2D eigenvalue weighted by molar-refractivity contribution is -0.220. The van der Waals surface area contributed by atoms with Gasteiger partial charge in [0.25, 0.3) is 17.7 Å². The average Bonchev–Trinajstić information content (AvgIpc) is 3.93. The van der Waals surface area contributed by atoms with E-state index in [1.807, 2.05) is 34.1 Å². The van der Waals surface area contributed by atoms with Crippen LogP contribution in [0.25, 0.3) is 16.9 Å². The van der Waals surface area contributed by atoms with E-state index in [0.717, 1.165) is 29.0 Å². The Morgan fingerprint density at radius 2 is 1.76 bits per heavy atom. The smallest absolute Gasteiger partial charge is 0.328 e. The highest BCUT2D eigenvalue weighted by molar-refractivity contribution is 6.07. The number of piperidine rings is 1.